The largest absolute Gasteiger partial charge is 0.342 e. The van der Waals surface area contributed by atoms with Crippen molar-refractivity contribution in [3.05, 3.63) is 44.1 Å². The molecular formula is C15H14BrClN2S. The number of nitrogens with zero attached hydrogens (tertiary/aromatic N) is 1. The Morgan fingerprint density at radius 3 is 2.65 bits per heavy atom. The van der Waals surface area contributed by atoms with E-state index in [-0.39, 0.29) is 0 Å². The van der Waals surface area contributed by atoms with Gasteiger partial charge < -0.3 is 4.98 Å². The van der Waals surface area contributed by atoms with Crippen molar-refractivity contribution in [1.29, 1.82) is 0 Å². The zero-order valence-corrected chi connectivity index (χ0v) is 14.0. The van der Waals surface area contributed by atoms with Crippen LogP contribution < -0.4 is 0 Å². The number of rotatable bonds is 2. The first-order valence-electron chi connectivity index (χ1n) is 6.71. The summed E-state index contributed by atoms with van der Waals surface area (Å²) in [5, 5.41) is 0.686. The van der Waals surface area contributed by atoms with E-state index in [2.05, 4.69) is 25.9 Å². The number of H-pyrrole nitrogens is 1. The van der Waals surface area contributed by atoms with Crippen LogP contribution in [0.4, 0.5) is 0 Å². The van der Waals surface area contributed by atoms with Gasteiger partial charge in [-0.1, -0.05) is 48.8 Å². The summed E-state index contributed by atoms with van der Waals surface area (Å²) in [6, 6.07) is 7.70. The van der Waals surface area contributed by atoms with Gasteiger partial charge in [0.05, 0.1) is 9.50 Å². The molecule has 0 atom stereocenters. The Hall–Kier alpha value is -0.710. The van der Waals surface area contributed by atoms with Crippen molar-refractivity contribution in [2.45, 2.75) is 31.6 Å². The van der Waals surface area contributed by atoms with E-state index in [0.29, 0.717) is 15.6 Å². The molecule has 3 rings (SSSR count). The number of nitrogens with one attached hydrogen (secondary N) is 1. The molecule has 0 saturated heterocycles. The zero-order chi connectivity index (χ0) is 14.1. The summed E-state index contributed by atoms with van der Waals surface area (Å²) in [5.74, 6) is 1.29. The molecule has 1 fully saturated rings. The normalized spacial score (nSPS) is 15.7. The van der Waals surface area contributed by atoms with Gasteiger partial charge >= 0.3 is 0 Å². The van der Waals surface area contributed by atoms with Crippen LogP contribution in [0.25, 0.3) is 11.4 Å². The molecule has 1 aromatic heterocycles. The van der Waals surface area contributed by atoms with Crippen molar-refractivity contribution >= 4 is 39.7 Å². The standard InChI is InChI=1S/C15H14BrClN2S/c16-12-13(9-5-1-2-6-9)18-14(19-15(12)20)10-7-3-4-8-11(10)17/h3-4,7-9H,1-2,5-6H2,(H,18,19,20). The van der Waals surface area contributed by atoms with Gasteiger partial charge in [-0.2, -0.15) is 0 Å². The molecule has 20 heavy (non-hydrogen) atoms. The average Bonchev–Trinajstić information content (AvgIpc) is 2.96. The first-order valence-corrected chi connectivity index (χ1v) is 8.29. The fourth-order valence-corrected chi connectivity index (χ4v) is 3.69. The van der Waals surface area contributed by atoms with Gasteiger partial charge in [0.2, 0.25) is 0 Å². The molecule has 1 heterocycles. The third kappa shape index (κ3) is 2.69. The molecule has 104 valence electrons. The lowest BCUT2D eigenvalue weighted by molar-refractivity contribution is 0.690. The predicted octanol–water partition coefficient (Wildman–Crippen LogP) is 5.88. The molecule has 0 bridgehead atoms. The van der Waals surface area contributed by atoms with E-state index in [1.54, 1.807) is 0 Å². The third-order valence-corrected chi connectivity index (χ3v) is 5.47. The molecule has 1 aliphatic carbocycles. The average molecular weight is 370 g/mol. The minimum Gasteiger partial charge on any atom is -0.342 e. The van der Waals surface area contributed by atoms with Crippen molar-refractivity contribution in [3.8, 4) is 11.4 Å². The highest BCUT2D eigenvalue weighted by Gasteiger charge is 2.22. The highest BCUT2D eigenvalue weighted by Crippen LogP contribution is 2.38. The van der Waals surface area contributed by atoms with Gasteiger partial charge in [-0.05, 0) is 40.9 Å². The number of hydrogen-bond donors (Lipinski definition) is 1. The summed E-state index contributed by atoms with van der Waals surface area (Å²) in [5.41, 5.74) is 2.06. The SMILES string of the molecule is S=c1nc(-c2ccccc2Cl)[nH]c(C2CCCC2)c1Br. The van der Waals surface area contributed by atoms with Crippen LogP contribution in [0, 0.1) is 4.64 Å². The summed E-state index contributed by atoms with van der Waals surface area (Å²) in [4.78, 5) is 7.91. The van der Waals surface area contributed by atoms with Crippen molar-refractivity contribution in [3.63, 3.8) is 0 Å². The van der Waals surface area contributed by atoms with Gasteiger partial charge in [-0.25, -0.2) is 4.98 Å². The van der Waals surface area contributed by atoms with Gasteiger partial charge in [-0.15, -0.1) is 0 Å². The molecule has 5 heteroatoms. The topological polar surface area (TPSA) is 28.7 Å². The molecule has 0 unspecified atom stereocenters. The van der Waals surface area contributed by atoms with Crippen LogP contribution in [0.3, 0.4) is 0 Å². The first kappa shape index (κ1) is 14.2. The summed E-state index contributed by atoms with van der Waals surface area (Å²) in [7, 11) is 0. The maximum Gasteiger partial charge on any atom is 0.144 e. The third-order valence-electron chi connectivity index (χ3n) is 3.78. The Morgan fingerprint density at radius 1 is 1.25 bits per heavy atom. The molecule has 1 aliphatic rings. The number of aromatic nitrogens is 2. The minimum atomic E-state index is 0.537. The van der Waals surface area contributed by atoms with E-state index < -0.39 is 0 Å². The number of benzene rings is 1. The fourth-order valence-electron chi connectivity index (χ4n) is 2.75. The van der Waals surface area contributed by atoms with Gasteiger partial charge in [-0.3, -0.25) is 0 Å². The van der Waals surface area contributed by atoms with Crippen LogP contribution in [0.2, 0.25) is 5.02 Å². The molecule has 0 spiro atoms. The maximum atomic E-state index is 6.26. The molecule has 1 aromatic carbocycles. The van der Waals surface area contributed by atoms with Crippen molar-refractivity contribution in [1.82, 2.24) is 9.97 Å². The molecule has 2 nitrogen and oxygen atoms in total. The number of hydrogen-bond acceptors (Lipinski definition) is 2. The minimum absolute atomic E-state index is 0.537. The summed E-state index contributed by atoms with van der Waals surface area (Å²) >= 11 is 15.2. The molecule has 0 aliphatic heterocycles. The van der Waals surface area contributed by atoms with E-state index in [4.69, 9.17) is 23.8 Å². The number of aromatic amines is 1. The maximum absolute atomic E-state index is 6.26. The number of halogens is 2. The van der Waals surface area contributed by atoms with E-state index in [9.17, 15) is 0 Å². The molecular weight excluding hydrogens is 356 g/mol. The van der Waals surface area contributed by atoms with E-state index in [1.807, 2.05) is 24.3 Å². The van der Waals surface area contributed by atoms with Crippen LogP contribution in [-0.4, -0.2) is 9.97 Å². The second kappa shape index (κ2) is 5.96. The second-order valence-electron chi connectivity index (χ2n) is 5.08. The van der Waals surface area contributed by atoms with Gasteiger partial charge in [0.1, 0.15) is 10.5 Å². The van der Waals surface area contributed by atoms with Crippen LogP contribution in [-0.2, 0) is 0 Å². The van der Waals surface area contributed by atoms with Crippen molar-refractivity contribution in [2.75, 3.05) is 0 Å². The van der Waals surface area contributed by atoms with Crippen LogP contribution in [0.15, 0.2) is 28.7 Å². The molecule has 1 saturated carbocycles. The molecule has 0 radical (unpaired) electrons. The lowest BCUT2D eigenvalue weighted by Gasteiger charge is -2.14. The Morgan fingerprint density at radius 2 is 1.95 bits per heavy atom. The summed E-state index contributed by atoms with van der Waals surface area (Å²) < 4.78 is 1.52. The predicted molar refractivity (Wildman–Crippen MR) is 88.8 cm³/mol. The van der Waals surface area contributed by atoms with Crippen molar-refractivity contribution in [2.24, 2.45) is 0 Å². The Bertz CT molecular complexity index is 693. The fraction of sp³-hybridized carbons (Fsp3) is 0.333. The quantitative estimate of drug-likeness (QED) is 0.670. The monoisotopic (exact) mass is 368 g/mol. The zero-order valence-electron chi connectivity index (χ0n) is 10.8. The van der Waals surface area contributed by atoms with Crippen LogP contribution in [0.5, 0.6) is 0 Å². The lowest BCUT2D eigenvalue weighted by Crippen LogP contribution is -2.02. The Kier molecular flexibility index (Phi) is 4.24. The van der Waals surface area contributed by atoms with E-state index >= 15 is 0 Å². The second-order valence-corrected chi connectivity index (χ2v) is 6.67. The van der Waals surface area contributed by atoms with Gasteiger partial charge in [0, 0.05) is 17.2 Å². The highest BCUT2D eigenvalue weighted by atomic mass is 79.9. The highest BCUT2D eigenvalue weighted by molar-refractivity contribution is 9.10. The Balaban J connectivity index is 2.14. The van der Waals surface area contributed by atoms with Crippen molar-refractivity contribution < 1.29 is 0 Å². The first-order chi connectivity index (χ1) is 9.66. The van der Waals surface area contributed by atoms with E-state index in [0.717, 1.165) is 21.6 Å². The molecule has 1 N–H and O–H groups in total. The molecule has 0 amide bonds. The smallest absolute Gasteiger partial charge is 0.144 e. The van der Waals surface area contributed by atoms with Gasteiger partial charge in [0.15, 0.2) is 0 Å². The van der Waals surface area contributed by atoms with Gasteiger partial charge in [0.25, 0.3) is 0 Å². The summed E-state index contributed by atoms with van der Waals surface area (Å²) in [6.45, 7) is 0. The Labute approximate surface area is 136 Å². The molecule has 2 aromatic rings. The van der Waals surface area contributed by atoms with Crippen LogP contribution in [0.1, 0.15) is 37.3 Å². The lowest BCUT2D eigenvalue weighted by atomic mass is 10.0. The van der Waals surface area contributed by atoms with Crippen LogP contribution >= 0.6 is 39.7 Å². The van der Waals surface area contributed by atoms with E-state index in [1.165, 1.54) is 25.7 Å². The summed E-state index contributed by atoms with van der Waals surface area (Å²) in [6.07, 6.45) is 4.97.